The van der Waals surface area contributed by atoms with Crippen LogP contribution >= 0.6 is 0 Å². The van der Waals surface area contributed by atoms with Crippen LogP contribution in [0.4, 0.5) is 5.69 Å². The van der Waals surface area contributed by atoms with E-state index >= 15 is 0 Å². The van der Waals surface area contributed by atoms with E-state index in [0.717, 1.165) is 12.5 Å². The van der Waals surface area contributed by atoms with E-state index in [-0.39, 0.29) is 28.6 Å². The molecule has 168 valence electrons. The molecule has 3 heteroatoms. The molecule has 3 nitrogen and oxygen atoms in total. The molecule has 0 fully saturated rings. The number of pyridine rings is 1. The molecule has 5 rings (SSSR count). The van der Waals surface area contributed by atoms with E-state index in [2.05, 4.69) is 4.85 Å². The summed E-state index contributed by atoms with van der Waals surface area (Å²) in [7, 11) is 1.63. The van der Waals surface area contributed by atoms with Crippen LogP contribution in [0.25, 0.3) is 49.2 Å². The van der Waals surface area contributed by atoms with Gasteiger partial charge in [0, 0.05) is 38.9 Å². The Hall–Kier alpha value is -3.90. The number of aromatic nitrogens is 1. The fourth-order valence-corrected chi connectivity index (χ4v) is 4.50. The molecule has 1 unspecified atom stereocenters. The first kappa shape index (κ1) is 14.4. The zero-order valence-electron chi connectivity index (χ0n) is 27.5. The van der Waals surface area contributed by atoms with Crippen LogP contribution in [0.1, 0.15) is 53.0 Å². The van der Waals surface area contributed by atoms with Gasteiger partial charge in [0.15, 0.2) is 11.4 Å². The Morgan fingerprint density at radius 1 is 1.12 bits per heavy atom. The summed E-state index contributed by atoms with van der Waals surface area (Å²) in [6.45, 7) is 6.68. The fourth-order valence-electron chi connectivity index (χ4n) is 4.50. The second kappa shape index (κ2) is 8.15. The largest absolute Gasteiger partial charge is 0.455 e. The summed E-state index contributed by atoms with van der Waals surface area (Å²) >= 11 is 0. The predicted octanol–water partition coefficient (Wildman–Crippen LogP) is 8.34. The van der Waals surface area contributed by atoms with E-state index in [4.69, 9.17) is 20.6 Å². The molecule has 2 heterocycles. The molecule has 34 heavy (non-hydrogen) atoms. The summed E-state index contributed by atoms with van der Waals surface area (Å²) in [5.41, 5.74) is 3.99. The van der Waals surface area contributed by atoms with Crippen molar-refractivity contribution < 1.29 is 20.0 Å². The molecule has 0 aliphatic carbocycles. The van der Waals surface area contributed by atoms with Crippen molar-refractivity contribution in [1.29, 1.82) is 0 Å². The Labute approximate surface area is 212 Å². The van der Waals surface area contributed by atoms with Gasteiger partial charge in [-0.3, -0.25) is 0 Å². The highest BCUT2D eigenvalue weighted by Crippen LogP contribution is 2.42. The quantitative estimate of drug-likeness (QED) is 0.199. The Kier molecular flexibility index (Phi) is 3.45. The van der Waals surface area contributed by atoms with Crippen molar-refractivity contribution >= 4 is 27.6 Å². The van der Waals surface area contributed by atoms with Crippen LogP contribution in [0.5, 0.6) is 0 Å². The lowest BCUT2D eigenvalue weighted by molar-refractivity contribution is -0.667. The van der Waals surface area contributed by atoms with Crippen LogP contribution in [0.3, 0.4) is 0 Å². The van der Waals surface area contributed by atoms with Gasteiger partial charge in [-0.25, -0.2) is 4.85 Å². The second-order valence-corrected chi connectivity index (χ2v) is 8.57. The first-order chi connectivity index (χ1) is 19.5. The van der Waals surface area contributed by atoms with Crippen LogP contribution in [0.2, 0.25) is 0 Å². The molecule has 0 N–H and O–H groups in total. The molecule has 0 saturated heterocycles. The highest BCUT2D eigenvalue weighted by Gasteiger charge is 2.25. The number of benzene rings is 3. The number of hydrogen-bond donors (Lipinski definition) is 0. The van der Waals surface area contributed by atoms with Gasteiger partial charge in [-0.1, -0.05) is 56.2 Å². The molecule has 5 aromatic rings. The van der Waals surface area contributed by atoms with Crippen LogP contribution in [-0.4, -0.2) is 0 Å². The third kappa shape index (κ3) is 3.30. The van der Waals surface area contributed by atoms with Gasteiger partial charge in [-0.2, -0.15) is 4.57 Å². The number of aryl methyl sites for hydroxylation is 1. The van der Waals surface area contributed by atoms with E-state index in [1.54, 1.807) is 24.6 Å². The maximum atomic E-state index is 9.27. The van der Waals surface area contributed by atoms with Crippen LogP contribution < -0.4 is 4.57 Å². The molecule has 0 aliphatic rings. The smallest absolute Gasteiger partial charge is 0.216 e. The second-order valence-electron chi connectivity index (χ2n) is 8.57. The summed E-state index contributed by atoms with van der Waals surface area (Å²) in [5, 5.41) is 1.40. The normalized spacial score (nSPS) is 17.4. The molecule has 0 aliphatic heterocycles. The van der Waals surface area contributed by atoms with E-state index < -0.39 is 19.6 Å². The van der Waals surface area contributed by atoms with Gasteiger partial charge in [-0.15, -0.1) is 0 Å². The minimum atomic E-state index is -2.91. The maximum Gasteiger partial charge on any atom is 0.216 e. The standard InChI is InChI=1S/C31H29N2O/c1-18(2)24-16-28(33(7)21(5)20(24)4)30-19(3)13-14-23-26-15-27(32-6)25(17-29(26)34-31(23)30)22-11-9-8-10-12-22/h8-18H,1-5,7H3/q+1/i1D3,4D3,16D,18D. The Morgan fingerprint density at radius 2 is 1.91 bits per heavy atom. The van der Waals surface area contributed by atoms with Crippen molar-refractivity contribution in [1.82, 2.24) is 0 Å². The zero-order valence-corrected chi connectivity index (χ0v) is 19.5. The molecular weight excluding hydrogens is 416 g/mol. The fraction of sp³-hybridized carbons (Fsp3) is 0.226. The van der Waals surface area contributed by atoms with Crippen molar-refractivity contribution in [3.05, 3.63) is 94.4 Å². The number of furan rings is 1. The summed E-state index contributed by atoms with van der Waals surface area (Å²) in [6, 6.07) is 16.5. The van der Waals surface area contributed by atoms with E-state index in [0.29, 0.717) is 44.3 Å². The van der Waals surface area contributed by atoms with Gasteiger partial charge < -0.3 is 4.42 Å². The molecule has 0 amide bonds. The molecular formula is C31H29N2O+. The average Bonchev–Trinajstić information content (AvgIpc) is 3.27. The average molecular weight is 454 g/mol. The first-order valence-corrected chi connectivity index (χ1v) is 11.0. The summed E-state index contributed by atoms with van der Waals surface area (Å²) in [5.74, 6) is -2.38. The molecule has 0 saturated carbocycles. The van der Waals surface area contributed by atoms with E-state index in [1.807, 2.05) is 55.5 Å². The topological polar surface area (TPSA) is 21.4 Å². The van der Waals surface area contributed by atoms with Crippen molar-refractivity contribution in [2.24, 2.45) is 7.05 Å². The van der Waals surface area contributed by atoms with Gasteiger partial charge in [0.2, 0.25) is 5.69 Å². The minimum Gasteiger partial charge on any atom is -0.455 e. The Balaban J connectivity index is 1.92. The minimum absolute atomic E-state index is 0.230. The molecule has 2 aromatic heterocycles. The van der Waals surface area contributed by atoms with Crippen molar-refractivity contribution in [2.45, 2.75) is 40.4 Å². The first-order valence-electron chi connectivity index (χ1n) is 15.0. The highest BCUT2D eigenvalue weighted by molar-refractivity contribution is 6.12. The van der Waals surface area contributed by atoms with Crippen molar-refractivity contribution in [2.75, 3.05) is 0 Å². The third-order valence-corrected chi connectivity index (χ3v) is 6.48. The van der Waals surface area contributed by atoms with E-state index in [9.17, 15) is 1.37 Å². The number of fused-ring (bicyclic) bond motifs is 3. The summed E-state index contributed by atoms with van der Waals surface area (Å²) < 4.78 is 75.0. The number of hydrogen-bond acceptors (Lipinski definition) is 1. The molecule has 1 atom stereocenters. The van der Waals surface area contributed by atoms with Gasteiger partial charge in [-0.05, 0) is 54.1 Å². The SMILES string of the molecule is [2H]c1c(C([2H])(C)C([2H])([2H])[2H])c(C([2H])([2H])[2H])c(C)[n+](C)c1-c1c(C)ccc2c1oc1cc(-c3ccccc3)c([N+]#[C-])cc12. The van der Waals surface area contributed by atoms with Gasteiger partial charge >= 0.3 is 0 Å². The monoisotopic (exact) mass is 453 g/mol. The molecule has 0 spiro atoms. The lowest BCUT2D eigenvalue weighted by Crippen LogP contribution is -2.36. The lowest BCUT2D eigenvalue weighted by Gasteiger charge is -2.14. The Morgan fingerprint density at radius 3 is 2.62 bits per heavy atom. The van der Waals surface area contributed by atoms with Crippen LogP contribution in [0, 0.1) is 27.3 Å². The molecule has 3 aromatic carbocycles. The predicted molar refractivity (Wildman–Crippen MR) is 140 cm³/mol. The molecule has 0 radical (unpaired) electrons. The van der Waals surface area contributed by atoms with Gasteiger partial charge in [0.25, 0.3) is 0 Å². The molecule has 0 bridgehead atoms. The third-order valence-electron chi connectivity index (χ3n) is 6.48. The van der Waals surface area contributed by atoms with Gasteiger partial charge in [0.05, 0.1) is 13.5 Å². The van der Waals surface area contributed by atoms with Crippen LogP contribution in [-0.2, 0) is 7.05 Å². The summed E-state index contributed by atoms with van der Waals surface area (Å²) in [6.07, 6.45) is 0. The van der Waals surface area contributed by atoms with Crippen molar-refractivity contribution in [3.63, 3.8) is 0 Å². The van der Waals surface area contributed by atoms with Crippen LogP contribution in [0.15, 0.2) is 65.1 Å². The maximum absolute atomic E-state index is 9.27. The Bertz CT molecular complexity index is 1930. The number of rotatable bonds is 3. The zero-order chi connectivity index (χ0) is 30.9. The van der Waals surface area contributed by atoms with Crippen molar-refractivity contribution in [3.8, 4) is 22.4 Å². The van der Waals surface area contributed by atoms with Gasteiger partial charge in [0.1, 0.15) is 18.2 Å². The lowest BCUT2D eigenvalue weighted by atomic mass is 9.93. The summed E-state index contributed by atoms with van der Waals surface area (Å²) in [4.78, 5) is 3.76. The van der Waals surface area contributed by atoms with E-state index in [1.165, 1.54) is 0 Å². The number of nitrogens with zero attached hydrogens (tertiary/aromatic N) is 2. The highest BCUT2D eigenvalue weighted by atomic mass is 16.3.